The van der Waals surface area contributed by atoms with E-state index in [2.05, 4.69) is 29.0 Å². The summed E-state index contributed by atoms with van der Waals surface area (Å²) in [5.41, 5.74) is 5.33. The van der Waals surface area contributed by atoms with Crippen LogP contribution in [0.25, 0.3) is 27.7 Å². The Morgan fingerprint density at radius 3 is 2.55 bits per heavy atom. The fraction of sp³-hybridized carbons (Fsp3) is 0.130. The van der Waals surface area contributed by atoms with Crippen LogP contribution in [0.2, 0.25) is 0 Å². The van der Waals surface area contributed by atoms with Gasteiger partial charge < -0.3 is 4.57 Å². The summed E-state index contributed by atoms with van der Waals surface area (Å²) in [7, 11) is 0. The van der Waals surface area contributed by atoms with Gasteiger partial charge in [0, 0.05) is 24.2 Å². The molecule has 5 rings (SSSR count). The number of hydrogen-bond donors (Lipinski definition) is 0. The fourth-order valence-corrected chi connectivity index (χ4v) is 3.69. The molecule has 0 N–H and O–H groups in total. The highest BCUT2D eigenvalue weighted by Crippen LogP contribution is 2.29. The highest BCUT2D eigenvalue weighted by molar-refractivity contribution is 5.86. The fourth-order valence-electron chi connectivity index (χ4n) is 3.69. The van der Waals surface area contributed by atoms with Gasteiger partial charge in [-0.1, -0.05) is 43.3 Å². The van der Waals surface area contributed by atoms with Crippen LogP contribution >= 0.6 is 0 Å². The summed E-state index contributed by atoms with van der Waals surface area (Å²) in [4.78, 5) is 22.0. The van der Waals surface area contributed by atoms with Gasteiger partial charge in [-0.05, 0) is 30.2 Å². The first-order chi connectivity index (χ1) is 14.3. The maximum absolute atomic E-state index is 13.1. The van der Waals surface area contributed by atoms with E-state index in [9.17, 15) is 4.79 Å². The first-order valence-electron chi connectivity index (χ1n) is 9.61. The molecular weight excluding hydrogens is 362 g/mol. The third kappa shape index (κ3) is 2.89. The zero-order chi connectivity index (χ0) is 19.8. The van der Waals surface area contributed by atoms with E-state index in [-0.39, 0.29) is 5.56 Å². The van der Waals surface area contributed by atoms with Gasteiger partial charge in [-0.15, -0.1) is 0 Å². The largest absolute Gasteiger partial charge is 0.309 e. The van der Waals surface area contributed by atoms with E-state index < -0.39 is 0 Å². The molecular formula is C23H19N5O. The predicted octanol–water partition coefficient (Wildman–Crippen LogP) is 3.72. The zero-order valence-corrected chi connectivity index (χ0v) is 16.0. The summed E-state index contributed by atoms with van der Waals surface area (Å²) in [6.07, 6.45) is 5.98. The van der Waals surface area contributed by atoms with Crippen LogP contribution < -0.4 is 5.56 Å². The van der Waals surface area contributed by atoms with E-state index in [1.165, 1.54) is 0 Å². The molecule has 0 unspecified atom stereocenters. The van der Waals surface area contributed by atoms with E-state index >= 15 is 0 Å². The average Bonchev–Trinajstić information content (AvgIpc) is 3.16. The van der Waals surface area contributed by atoms with Crippen molar-refractivity contribution in [3.8, 4) is 11.1 Å². The van der Waals surface area contributed by atoms with Gasteiger partial charge >= 0.3 is 0 Å². The SMILES string of the molecule is CCc1nn2c(ncc3c(=O)n(Cc4ccccn4)ccc32)c1-c1ccccc1. The average molecular weight is 381 g/mol. The molecule has 0 fully saturated rings. The van der Waals surface area contributed by atoms with Crippen LogP contribution in [0.15, 0.2) is 78.0 Å². The summed E-state index contributed by atoms with van der Waals surface area (Å²) in [5.74, 6) is 0. The molecule has 0 aliphatic carbocycles. The Kier molecular flexibility index (Phi) is 4.17. The van der Waals surface area contributed by atoms with Crippen LogP contribution in [0.3, 0.4) is 0 Å². The molecule has 0 saturated carbocycles. The Hall–Kier alpha value is -3.80. The van der Waals surface area contributed by atoms with Crippen LogP contribution in [0.4, 0.5) is 0 Å². The van der Waals surface area contributed by atoms with Crippen molar-refractivity contribution in [3.63, 3.8) is 0 Å². The molecule has 0 bridgehead atoms. The van der Waals surface area contributed by atoms with E-state index in [0.29, 0.717) is 11.9 Å². The van der Waals surface area contributed by atoms with Crippen LogP contribution in [0, 0.1) is 0 Å². The third-order valence-electron chi connectivity index (χ3n) is 5.11. The number of pyridine rings is 2. The number of hydrogen-bond acceptors (Lipinski definition) is 4. The topological polar surface area (TPSA) is 65.1 Å². The predicted molar refractivity (Wildman–Crippen MR) is 113 cm³/mol. The molecule has 4 aromatic heterocycles. The molecule has 4 heterocycles. The summed E-state index contributed by atoms with van der Waals surface area (Å²) < 4.78 is 3.45. The number of fused-ring (bicyclic) bond motifs is 3. The maximum Gasteiger partial charge on any atom is 0.261 e. The monoisotopic (exact) mass is 381 g/mol. The minimum absolute atomic E-state index is 0.0997. The second-order valence-corrected chi connectivity index (χ2v) is 6.90. The molecule has 6 nitrogen and oxygen atoms in total. The summed E-state index contributed by atoms with van der Waals surface area (Å²) in [6, 6.07) is 17.8. The van der Waals surface area contributed by atoms with E-state index in [1.54, 1.807) is 27.7 Å². The minimum Gasteiger partial charge on any atom is -0.309 e. The molecule has 1 aromatic carbocycles. The number of rotatable bonds is 4. The Morgan fingerprint density at radius 2 is 1.79 bits per heavy atom. The third-order valence-corrected chi connectivity index (χ3v) is 5.11. The van der Waals surface area contributed by atoms with Gasteiger partial charge in [-0.3, -0.25) is 9.78 Å². The number of nitrogens with zero attached hydrogens (tertiary/aromatic N) is 5. The molecule has 0 radical (unpaired) electrons. The summed E-state index contributed by atoms with van der Waals surface area (Å²) in [6.45, 7) is 2.50. The highest BCUT2D eigenvalue weighted by Gasteiger charge is 2.17. The van der Waals surface area contributed by atoms with Crippen molar-refractivity contribution in [1.29, 1.82) is 0 Å². The van der Waals surface area contributed by atoms with Gasteiger partial charge in [0.25, 0.3) is 5.56 Å². The number of benzene rings is 1. The molecule has 29 heavy (non-hydrogen) atoms. The first-order valence-corrected chi connectivity index (χ1v) is 9.61. The number of aromatic nitrogens is 5. The van der Waals surface area contributed by atoms with Crippen molar-refractivity contribution in [2.24, 2.45) is 0 Å². The Labute approximate surface area is 167 Å². The van der Waals surface area contributed by atoms with Crippen LogP contribution in [0.5, 0.6) is 0 Å². The summed E-state index contributed by atoms with van der Waals surface area (Å²) in [5, 5.41) is 5.33. The van der Waals surface area contributed by atoms with Crippen LogP contribution in [-0.4, -0.2) is 24.1 Å². The van der Waals surface area contributed by atoms with E-state index in [4.69, 9.17) is 5.10 Å². The van der Waals surface area contributed by atoms with Crippen molar-refractivity contribution >= 4 is 16.6 Å². The minimum atomic E-state index is -0.0997. The lowest BCUT2D eigenvalue weighted by atomic mass is 10.0. The van der Waals surface area contributed by atoms with Gasteiger partial charge in [0.1, 0.15) is 0 Å². The lowest BCUT2D eigenvalue weighted by molar-refractivity contribution is 0.745. The molecule has 142 valence electrons. The van der Waals surface area contributed by atoms with Gasteiger partial charge in [-0.2, -0.15) is 5.10 Å². The molecule has 5 aromatic rings. The number of aryl methyl sites for hydroxylation is 1. The quantitative estimate of drug-likeness (QED) is 0.476. The zero-order valence-electron chi connectivity index (χ0n) is 16.0. The molecule has 0 spiro atoms. The highest BCUT2D eigenvalue weighted by atomic mass is 16.1. The van der Waals surface area contributed by atoms with Crippen molar-refractivity contribution < 1.29 is 0 Å². The normalized spacial score (nSPS) is 11.3. The lowest BCUT2D eigenvalue weighted by Gasteiger charge is -2.08. The first kappa shape index (κ1) is 17.3. The van der Waals surface area contributed by atoms with Crippen LogP contribution in [-0.2, 0) is 13.0 Å². The molecule has 0 aliphatic heterocycles. The van der Waals surface area contributed by atoms with Gasteiger partial charge in [0.05, 0.1) is 28.8 Å². The Balaban J connectivity index is 1.71. The molecule has 0 saturated heterocycles. The Morgan fingerprint density at radius 1 is 0.966 bits per heavy atom. The molecule has 0 aliphatic rings. The van der Waals surface area contributed by atoms with Crippen molar-refractivity contribution in [3.05, 3.63) is 94.9 Å². The molecule has 0 atom stereocenters. The van der Waals surface area contributed by atoms with Gasteiger partial charge in [0.2, 0.25) is 0 Å². The standard InChI is InChI=1S/C23H19N5O/c1-2-19-21(16-8-4-3-5-9-16)22-25-14-18-20(28(22)26-19)11-13-27(23(18)29)15-17-10-6-7-12-24-17/h3-14H,2,15H2,1H3. The second kappa shape index (κ2) is 6.98. The maximum atomic E-state index is 13.1. The van der Waals surface area contributed by atoms with Crippen molar-refractivity contribution in [2.45, 2.75) is 19.9 Å². The second-order valence-electron chi connectivity index (χ2n) is 6.90. The summed E-state index contributed by atoms with van der Waals surface area (Å²) >= 11 is 0. The van der Waals surface area contributed by atoms with Crippen LogP contribution in [0.1, 0.15) is 18.3 Å². The van der Waals surface area contributed by atoms with Crippen molar-refractivity contribution in [2.75, 3.05) is 0 Å². The lowest BCUT2D eigenvalue weighted by Crippen LogP contribution is -2.21. The van der Waals surface area contributed by atoms with Gasteiger partial charge in [0.15, 0.2) is 5.65 Å². The van der Waals surface area contributed by atoms with E-state index in [1.807, 2.05) is 42.5 Å². The van der Waals surface area contributed by atoms with Gasteiger partial charge in [-0.25, -0.2) is 9.50 Å². The smallest absolute Gasteiger partial charge is 0.261 e. The molecule has 0 amide bonds. The van der Waals surface area contributed by atoms with E-state index in [0.717, 1.165) is 40.1 Å². The Bertz CT molecular complexity index is 1370. The van der Waals surface area contributed by atoms with Crippen molar-refractivity contribution in [1.82, 2.24) is 24.1 Å². The molecule has 6 heteroatoms.